The highest BCUT2D eigenvalue weighted by Gasteiger charge is 2.15. The molecular formula is C16H16FN3O2. The molecule has 0 aromatic heterocycles. The number of urea groups is 1. The summed E-state index contributed by atoms with van der Waals surface area (Å²) in [6.45, 7) is 1.54. The third kappa shape index (κ3) is 4.59. The van der Waals surface area contributed by atoms with E-state index in [-0.39, 0.29) is 0 Å². The third-order valence-electron chi connectivity index (χ3n) is 2.86. The molecule has 0 heterocycles. The Bertz CT molecular complexity index is 661. The molecule has 6 heteroatoms. The zero-order valence-electron chi connectivity index (χ0n) is 12.0. The smallest absolute Gasteiger partial charge is 0.319 e. The van der Waals surface area contributed by atoms with Crippen LogP contribution in [0.3, 0.4) is 0 Å². The van der Waals surface area contributed by atoms with E-state index in [9.17, 15) is 14.0 Å². The third-order valence-corrected chi connectivity index (χ3v) is 2.86. The van der Waals surface area contributed by atoms with Gasteiger partial charge in [-0.2, -0.15) is 0 Å². The van der Waals surface area contributed by atoms with Crippen molar-refractivity contribution in [1.82, 2.24) is 5.32 Å². The minimum atomic E-state index is -0.771. The Balaban J connectivity index is 1.87. The van der Waals surface area contributed by atoms with E-state index in [2.05, 4.69) is 16.0 Å². The molecule has 2 rings (SSSR count). The van der Waals surface area contributed by atoms with Crippen LogP contribution in [0.2, 0.25) is 0 Å². The zero-order valence-corrected chi connectivity index (χ0v) is 12.0. The second-order valence-corrected chi connectivity index (χ2v) is 4.69. The fraction of sp³-hybridized carbons (Fsp3) is 0.125. The quantitative estimate of drug-likeness (QED) is 0.812. The number of nitrogens with one attached hydrogen (secondary N) is 3. The number of amides is 3. The lowest BCUT2D eigenvalue weighted by Crippen LogP contribution is -2.43. The second kappa shape index (κ2) is 7.21. The van der Waals surface area contributed by atoms with Crippen molar-refractivity contribution in [3.8, 4) is 0 Å². The Morgan fingerprint density at radius 2 is 1.64 bits per heavy atom. The van der Waals surface area contributed by atoms with Crippen LogP contribution in [0, 0.1) is 5.82 Å². The van der Waals surface area contributed by atoms with Crippen molar-refractivity contribution in [2.75, 3.05) is 10.6 Å². The van der Waals surface area contributed by atoms with Crippen LogP contribution in [0.5, 0.6) is 0 Å². The highest BCUT2D eigenvalue weighted by molar-refractivity contribution is 5.98. The molecule has 114 valence electrons. The van der Waals surface area contributed by atoms with Gasteiger partial charge in [0.25, 0.3) is 0 Å². The summed E-state index contributed by atoms with van der Waals surface area (Å²) in [4.78, 5) is 23.7. The van der Waals surface area contributed by atoms with Crippen LogP contribution in [0.1, 0.15) is 6.92 Å². The van der Waals surface area contributed by atoms with Gasteiger partial charge in [-0.05, 0) is 37.3 Å². The molecule has 0 spiro atoms. The van der Waals surface area contributed by atoms with Crippen molar-refractivity contribution in [3.05, 3.63) is 60.4 Å². The molecule has 0 bridgehead atoms. The number of rotatable bonds is 4. The molecular weight excluding hydrogens is 285 g/mol. The summed E-state index contributed by atoms with van der Waals surface area (Å²) in [6, 6.07) is 13.2. The van der Waals surface area contributed by atoms with Gasteiger partial charge in [-0.25, -0.2) is 9.18 Å². The van der Waals surface area contributed by atoms with Crippen molar-refractivity contribution in [3.63, 3.8) is 0 Å². The Kier molecular flexibility index (Phi) is 5.08. The summed E-state index contributed by atoms with van der Waals surface area (Å²) in [6.07, 6.45) is 0. The first kappa shape index (κ1) is 15.5. The Morgan fingerprint density at radius 3 is 2.32 bits per heavy atom. The van der Waals surface area contributed by atoms with Crippen LogP contribution >= 0.6 is 0 Å². The highest BCUT2D eigenvalue weighted by Crippen LogP contribution is 2.09. The summed E-state index contributed by atoms with van der Waals surface area (Å²) in [5.41, 5.74) is 0.958. The van der Waals surface area contributed by atoms with E-state index in [1.54, 1.807) is 37.3 Å². The molecule has 0 aliphatic heterocycles. The number of anilines is 2. The molecule has 0 aliphatic carbocycles. The van der Waals surface area contributed by atoms with Gasteiger partial charge in [0.2, 0.25) is 5.91 Å². The molecule has 0 aliphatic rings. The van der Waals surface area contributed by atoms with E-state index in [1.807, 2.05) is 6.07 Å². The standard InChI is InChI=1S/C16H16FN3O2/c1-11(15(21)19-14-9-5-6-12(17)10-14)18-16(22)20-13-7-3-2-4-8-13/h2-11H,1H3,(H,19,21)(H2,18,20,22). The summed E-state index contributed by atoms with van der Waals surface area (Å²) >= 11 is 0. The van der Waals surface area contributed by atoms with Gasteiger partial charge < -0.3 is 16.0 Å². The molecule has 22 heavy (non-hydrogen) atoms. The molecule has 1 unspecified atom stereocenters. The first-order valence-corrected chi connectivity index (χ1v) is 6.73. The van der Waals surface area contributed by atoms with Crippen molar-refractivity contribution < 1.29 is 14.0 Å². The minimum absolute atomic E-state index is 0.335. The Labute approximate surface area is 127 Å². The number of benzene rings is 2. The number of hydrogen-bond donors (Lipinski definition) is 3. The fourth-order valence-corrected chi connectivity index (χ4v) is 1.77. The number of hydrogen-bond acceptors (Lipinski definition) is 2. The number of para-hydroxylation sites is 1. The van der Waals surface area contributed by atoms with Crippen LogP contribution in [-0.2, 0) is 4.79 Å². The normalized spacial score (nSPS) is 11.4. The average molecular weight is 301 g/mol. The summed E-state index contributed by atoms with van der Waals surface area (Å²) in [5.74, 6) is -0.881. The molecule has 5 nitrogen and oxygen atoms in total. The van der Waals surface area contributed by atoms with Gasteiger partial charge in [-0.3, -0.25) is 4.79 Å². The van der Waals surface area contributed by atoms with Crippen LogP contribution in [0.25, 0.3) is 0 Å². The van der Waals surface area contributed by atoms with Crippen LogP contribution < -0.4 is 16.0 Å². The topological polar surface area (TPSA) is 70.2 Å². The van der Waals surface area contributed by atoms with E-state index >= 15 is 0 Å². The highest BCUT2D eigenvalue weighted by atomic mass is 19.1. The van der Waals surface area contributed by atoms with Gasteiger partial charge in [-0.1, -0.05) is 24.3 Å². The maximum Gasteiger partial charge on any atom is 0.319 e. The number of halogens is 1. The van der Waals surface area contributed by atoms with Crippen molar-refractivity contribution >= 4 is 23.3 Å². The lowest BCUT2D eigenvalue weighted by molar-refractivity contribution is -0.117. The van der Waals surface area contributed by atoms with E-state index < -0.39 is 23.8 Å². The van der Waals surface area contributed by atoms with Gasteiger partial charge in [0.15, 0.2) is 0 Å². The average Bonchev–Trinajstić information content (AvgIpc) is 2.48. The number of carbonyl (C=O) groups is 2. The maximum atomic E-state index is 13.0. The molecule has 3 N–H and O–H groups in total. The molecule has 3 amide bonds. The molecule has 0 radical (unpaired) electrons. The van der Waals surface area contributed by atoms with Gasteiger partial charge >= 0.3 is 6.03 Å². The largest absolute Gasteiger partial charge is 0.326 e. The predicted molar refractivity (Wildman–Crippen MR) is 83.1 cm³/mol. The van der Waals surface area contributed by atoms with E-state index in [0.717, 1.165) is 0 Å². The fourth-order valence-electron chi connectivity index (χ4n) is 1.77. The molecule has 1 atom stereocenters. The van der Waals surface area contributed by atoms with Gasteiger partial charge in [0, 0.05) is 11.4 Å². The van der Waals surface area contributed by atoms with Crippen molar-refractivity contribution in [1.29, 1.82) is 0 Å². The maximum absolute atomic E-state index is 13.0. The predicted octanol–water partition coefficient (Wildman–Crippen LogP) is 2.97. The van der Waals surface area contributed by atoms with Gasteiger partial charge in [-0.15, -0.1) is 0 Å². The summed E-state index contributed by atoms with van der Waals surface area (Å²) < 4.78 is 13.0. The zero-order chi connectivity index (χ0) is 15.9. The Morgan fingerprint density at radius 1 is 0.955 bits per heavy atom. The van der Waals surface area contributed by atoms with Crippen molar-refractivity contribution in [2.45, 2.75) is 13.0 Å². The Hall–Kier alpha value is -2.89. The van der Waals surface area contributed by atoms with Crippen LogP contribution in [-0.4, -0.2) is 18.0 Å². The first-order valence-electron chi connectivity index (χ1n) is 6.73. The summed E-state index contributed by atoms with van der Waals surface area (Å²) in [7, 11) is 0. The number of carbonyl (C=O) groups excluding carboxylic acids is 2. The van der Waals surface area contributed by atoms with E-state index in [0.29, 0.717) is 11.4 Å². The van der Waals surface area contributed by atoms with Crippen LogP contribution in [0.4, 0.5) is 20.6 Å². The van der Waals surface area contributed by atoms with E-state index in [4.69, 9.17) is 0 Å². The molecule has 2 aromatic rings. The van der Waals surface area contributed by atoms with Crippen molar-refractivity contribution in [2.24, 2.45) is 0 Å². The molecule has 0 saturated carbocycles. The lowest BCUT2D eigenvalue weighted by Gasteiger charge is -2.15. The lowest BCUT2D eigenvalue weighted by atomic mass is 10.2. The second-order valence-electron chi connectivity index (χ2n) is 4.69. The minimum Gasteiger partial charge on any atom is -0.326 e. The molecule has 0 fully saturated rings. The van der Waals surface area contributed by atoms with Gasteiger partial charge in [0.05, 0.1) is 0 Å². The first-order chi connectivity index (χ1) is 10.5. The van der Waals surface area contributed by atoms with Gasteiger partial charge in [0.1, 0.15) is 11.9 Å². The summed E-state index contributed by atoms with van der Waals surface area (Å²) in [5, 5.41) is 7.65. The monoisotopic (exact) mass is 301 g/mol. The van der Waals surface area contributed by atoms with Crippen LogP contribution in [0.15, 0.2) is 54.6 Å². The molecule has 2 aromatic carbocycles. The SMILES string of the molecule is CC(NC(=O)Nc1ccccc1)C(=O)Nc1cccc(F)c1. The molecule has 0 saturated heterocycles. The van der Waals surface area contributed by atoms with E-state index in [1.165, 1.54) is 18.2 Å².